The molecule has 1 saturated heterocycles. The first-order valence-electron chi connectivity index (χ1n) is 9.16. The van der Waals surface area contributed by atoms with Crippen LogP contribution in [0.3, 0.4) is 0 Å². The Morgan fingerprint density at radius 1 is 1.17 bits per heavy atom. The summed E-state index contributed by atoms with van der Waals surface area (Å²) in [6.07, 6.45) is 0. The summed E-state index contributed by atoms with van der Waals surface area (Å²) in [5.74, 6) is -0.537. The number of ether oxygens (including phenoxy) is 1. The van der Waals surface area contributed by atoms with Crippen molar-refractivity contribution < 1.29 is 22.7 Å². The normalized spacial score (nSPS) is 15.5. The maximum absolute atomic E-state index is 12.6. The number of carbonyl (C=O) groups excluding carboxylic acids is 2. The van der Waals surface area contributed by atoms with E-state index >= 15 is 0 Å². The number of hydrogen-bond acceptors (Lipinski definition) is 7. The fourth-order valence-corrected chi connectivity index (χ4v) is 4.72. The molecule has 2 aromatic rings. The van der Waals surface area contributed by atoms with Crippen molar-refractivity contribution in [2.75, 3.05) is 24.3 Å². The van der Waals surface area contributed by atoms with Crippen LogP contribution in [0.15, 0.2) is 57.8 Å². The number of aryl methyl sites for hydroxylation is 1. The van der Waals surface area contributed by atoms with Gasteiger partial charge in [0.25, 0.3) is 10.0 Å². The SMILES string of the molecule is CCOC(=O)c1ccc(NCN2C(=O)CSC2=NS(=O)(=O)c2ccc(C)cc2)cc1. The third-order valence-corrected chi connectivity index (χ3v) is 6.57. The molecule has 0 atom stereocenters. The van der Waals surface area contributed by atoms with E-state index in [1.807, 2.05) is 6.92 Å². The van der Waals surface area contributed by atoms with Gasteiger partial charge in [0.2, 0.25) is 5.91 Å². The zero-order valence-corrected chi connectivity index (χ0v) is 18.1. The Balaban J connectivity index is 1.71. The molecule has 1 N–H and O–H groups in total. The Morgan fingerprint density at radius 3 is 2.47 bits per heavy atom. The molecular weight excluding hydrogens is 426 g/mol. The molecule has 0 unspecified atom stereocenters. The molecule has 30 heavy (non-hydrogen) atoms. The molecule has 1 aliphatic rings. The van der Waals surface area contributed by atoms with E-state index in [2.05, 4.69) is 9.71 Å². The van der Waals surface area contributed by atoms with Crippen LogP contribution in [0.2, 0.25) is 0 Å². The van der Waals surface area contributed by atoms with Gasteiger partial charge in [-0.05, 0) is 50.2 Å². The third-order valence-electron chi connectivity index (χ3n) is 4.21. The Kier molecular flexibility index (Phi) is 6.78. The Hall–Kier alpha value is -2.85. The predicted octanol–water partition coefficient (Wildman–Crippen LogP) is 2.86. The van der Waals surface area contributed by atoms with Crippen LogP contribution >= 0.6 is 11.8 Å². The predicted molar refractivity (Wildman–Crippen MR) is 116 cm³/mol. The summed E-state index contributed by atoms with van der Waals surface area (Å²) < 4.78 is 34.0. The van der Waals surface area contributed by atoms with E-state index in [9.17, 15) is 18.0 Å². The number of rotatable bonds is 7. The number of benzene rings is 2. The highest BCUT2D eigenvalue weighted by atomic mass is 32.2. The summed E-state index contributed by atoms with van der Waals surface area (Å²) in [7, 11) is -3.93. The van der Waals surface area contributed by atoms with Crippen LogP contribution in [-0.2, 0) is 19.6 Å². The van der Waals surface area contributed by atoms with Crippen LogP contribution in [0.4, 0.5) is 5.69 Å². The molecule has 3 rings (SSSR count). The summed E-state index contributed by atoms with van der Waals surface area (Å²) >= 11 is 1.08. The Labute approximate surface area is 179 Å². The Bertz CT molecular complexity index is 1060. The monoisotopic (exact) mass is 447 g/mol. The molecule has 1 amide bonds. The zero-order chi connectivity index (χ0) is 21.7. The lowest BCUT2D eigenvalue weighted by Gasteiger charge is -2.17. The van der Waals surface area contributed by atoms with Gasteiger partial charge in [-0.1, -0.05) is 29.5 Å². The lowest BCUT2D eigenvalue weighted by molar-refractivity contribution is -0.123. The van der Waals surface area contributed by atoms with Crippen LogP contribution in [0.25, 0.3) is 0 Å². The molecule has 8 nitrogen and oxygen atoms in total. The van der Waals surface area contributed by atoms with E-state index in [1.54, 1.807) is 43.3 Å². The smallest absolute Gasteiger partial charge is 0.338 e. The molecular formula is C20H21N3O5S2. The van der Waals surface area contributed by atoms with E-state index in [0.717, 1.165) is 17.3 Å². The van der Waals surface area contributed by atoms with Gasteiger partial charge in [0.1, 0.15) is 0 Å². The highest BCUT2D eigenvalue weighted by Gasteiger charge is 2.30. The molecule has 0 aliphatic carbocycles. The maximum Gasteiger partial charge on any atom is 0.338 e. The van der Waals surface area contributed by atoms with Crippen LogP contribution in [0.1, 0.15) is 22.8 Å². The molecule has 1 fully saturated rings. The van der Waals surface area contributed by atoms with E-state index in [0.29, 0.717) is 17.9 Å². The summed E-state index contributed by atoms with van der Waals surface area (Å²) in [5.41, 5.74) is 2.02. The zero-order valence-electron chi connectivity index (χ0n) is 16.5. The number of carbonyl (C=O) groups is 2. The van der Waals surface area contributed by atoms with Gasteiger partial charge in [0.15, 0.2) is 5.17 Å². The van der Waals surface area contributed by atoms with Crippen molar-refractivity contribution in [2.45, 2.75) is 18.7 Å². The lowest BCUT2D eigenvalue weighted by atomic mass is 10.2. The van der Waals surface area contributed by atoms with Gasteiger partial charge in [-0.15, -0.1) is 4.40 Å². The van der Waals surface area contributed by atoms with Crippen molar-refractivity contribution in [1.82, 2.24) is 4.90 Å². The molecule has 1 aliphatic heterocycles. The molecule has 158 valence electrons. The highest BCUT2D eigenvalue weighted by molar-refractivity contribution is 8.15. The molecule has 0 radical (unpaired) electrons. The number of hydrogen-bond donors (Lipinski definition) is 1. The van der Waals surface area contributed by atoms with Gasteiger partial charge in [-0.2, -0.15) is 8.42 Å². The number of nitrogens with zero attached hydrogens (tertiary/aromatic N) is 2. The second kappa shape index (κ2) is 9.31. The van der Waals surface area contributed by atoms with Crippen molar-refractivity contribution in [3.63, 3.8) is 0 Å². The van der Waals surface area contributed by atoms with Crippen LogP contribution in [0.5, 0.6) is 0 Å². The summed E-state index contributed by atoms with van der Waals surface area (Å²) in [6, 6.07) is 12.9. The fraction of sp³-hybridized carbons (Fsp3) is 0.250. The third kappa shape index (κ3) is 5.19. The minimum absolute atomic E-state index is 0.0484. The second-order valence-electron chi connectivity index (χ2n) is 6.41. The minimum Gasteiger partial charge on any atom is -0.462 e. The number of amides is 1. The largest absolute Gasteiger partial charge is 0.462 e. The van der Waals surface area contributed by atoms with Crippen LogP contribution < -0.4 is 5.32 Å². The maximum atomic E-state index is 12.6. The Morgan fingerprint density at radius 2 is 1.83 bits per heavy atom. The molecule has 0 aromatic heterocycles. The quantitative estimate of drug-likeness (QED) is 0.651. The molecule has 10 heteroatoms. The topological polar surface area (TPSA) is 105 Å². The first kappa shape index (κ1) is 21.8. The number of anilines is 1. The average molecular weight is 448 g/mol. The highest BCUT2D eigenvalue weighted by Crippen LogP contribution is 2.23. The summed E-state index contributed by atoms with van der Waals surface area (Å²) in [4.78, 5) is 25.3. The van der Waals surface area contributed by atoms with Crippen molar-refractivity contribution in [2.24, 2.45) is 4.40 Å². The summed E-state index contributed by atoms with van der Waals surface area (Å²) in [6.45, 7) is 3.94. The second-order valence-corrected chi connectivity index (χ2v) is 8.95. The molecule has 0 bridgehead atoms. The number of thioether (sulfide) groups is 1. The first-order chi connectivity index (χ1) is 14.3. The van der Waals surface area contributed by atoms with Crippen molar-refractivity contribution >= 4 is 44.5 Å². The van der Waals surface area contributed by atoms with Crippen molar-refractivity contribution in [1.29, 1.82) is 0 Å². The average Bonchev–Trinajstić information content (AvgIpc) is 3.06. The number of nitrogens with one attached hydrogen (secondary N) is 1. The molecule has 0 saturated carbocycles. The van der Waals surface area contributed by atoms with Crippen molar-refractivity contribution in [3.8, 4) is 0 Å². The van der Waals surface area contributed by atoms with E-state index in [1.165, 1.54) is 17.0 Å². The number of amidine groups is 1. The van der Waals surface area contributed by atoms with Gasteiger partial charge >= 0.3 is 5.97 Å². The molecule has 1 heterocycles. The van der Waals surface area contributed by atoms with Gasteiger partial charge in [-0.3, -0.25) is 9.69 Å². The van der Waals surface area contributed by atoms with E-state index in [-0.39, 0.29) is 28.4 Å². The molecule has 2 aromatic carbocycles. The van der Waals surface area contributed by atoms with E-state index in [4.69, 9.17) is 4.74 Å². The van der Waals surface area contributed by atoms with Gasteiger partial charge in [0.05, 0.1) is 29.5 Å². The molecule has 0 spiro atoms. The van der Waals surface area contributed by atoms with Crippen LogP contribution in [0, 0.1) is 6.92 Å². The van der Waals surface area contributed by atoms with Crippen LogP contribution in [-0.4, -0.2) is 49.4 Å². The summed E-state index contributed by atoms with van der Waals surface area (Å²) in [5, 5.41) is 3.16. The number of esters is 1. The van der Waals surface area contributed by atoms with Gasteiger partial charge in [-0.25, -0.2) is 4.79 Å². The van der Waals surface area contributed by atoms with E-state index < -0.39 is 16.0 Å². The first-order valence-corrected chi connectivity index (χ1v) is 11.6. The fourth-order valence-electron chi connectivity index (χ4n) is 2.59. The van der Waals surface area contributed by atoms with Gasteiger partial charge in [0, 0.05) is 5.69 Å². The van der Waals surface area contributed by atoms with Gasteiger partial charge < -0.3 is 10.1 Å². The van der Waals surface area contributed by atoms with Crippen molar-refractivity contribution in [3.05, 3.63) is 59.7 Å². The lowest BCUT2D eigenvalue weighted by Crippen LogP contribution is -2.34. The standard InChI is InChI=1S/C20H21N3O5S2/c1-3-28-19(25)15-6-8-16(9-7-15)21-13-23-18(24)12-29-20(23)22-30(26,27)17-10-4-14(2)5-11-17/h4-11,21H,3,12-13H2,1-2H3. The minimum atomic E-state index is -3.93. The number of sulfonamides is 1.